The Morgan fingerprint density at radius 1 is 1.12 bits per heavy atom. The first-order chi connectivity index (χ1) is 15.2. The lowest BCUT2D eigenvalue weighted by Gasteiger charge is -2.55. The molecular weight excluding hydrogens is 436 g/mol. The van der Waals surface area contributed by atoms with Crippen LogP contribution in [0.1, 0.15) is 18.1 Å². The number of likely N-dealkylation sites (N-methyl/N-ethyl adjacent to an activating group) is 1. The highest BCUT2D eigenvalue weighted by Gasteiger charge is 2.70. The molecule has 0 spiro atoms. The third kappa shape index (κ3) is 2.61. The van der Waals surface area contributed by atoms with Crippen molar-refractivity contribution in [1.82, 2.24) is 4.90 Å². The number of phenolic OH excluding ortho intramolecular Hbond substituents is 1. The van der Waals surface area contributed by atoms with Crippen LogP contribution in [-0.2, 0) is 20.0 Å². The highest BCUT2D eigenvalue weighted by molar-refractivity contribution is 6.24. The van der Waals surface area contributed by atoms with Crippen LogP contribution in [0.4, 0.5) is 0 Å². The van der Waals surface area contributed by atoms with Crippen molar-refractivity contribution in [2.75, 3.05) is 14.1 Å². The molecule has 0 radical (unpaired) electrons. The summed E-state index contributed by atoms with van der Waals surface area (Å²) in [7, 11) is 2.80. The molecule has 4 rings (SSSR count). The second kappa shape index (κ2) is 6.87. The molecule has 1 aromatic rings. The first-order valence-corrected chi connectivity index (χ1v) is 10.1. The number of hydrogen-bond donors (Lipinski definition) is 7. The van der Waals surface area contributed by atoms with Gasteiger partial charge in [0.2, 0.25) is 5.78 Å². The first-order valence-electron chi connectivity index (χ1n) is 10.1. The summed E-state index contributed by atoms with van der Waals surface area (Å²) in [6.45, 7) is 1.25. The molecule has 1 saturated carbocycles. The average molecular weight is 460 g/mol. The van der Waals surface area contributed by atoms with Crippen LogP contribution in [0.25, 0.3) is 5.76 Å². The Labute approximate surface area is 187 Å². The summed E-state index contributed by atoms with van der Waals surface area (Å²) in [6, 6.07) is 2.50. The fourth-order valence-electron chi connectivity index (χ4n) is 5.60. The number of benzene rings is 1. The van der Waals surface area contributed by atoms with Crippen molar-refractivity contribution in [3.05, 3.63) is 46.2 Å². The summed E-state index contributed by atoms with van der Waals surface area (Å²) in [4.78, 5) is 39.9. The fraction of sp³-hybridized carbons (Fsp3) is 0.409. The van der Waals surface area contributed by atoms with E-state index in [0.29, 0.717) is 0 Å². The molecule has 3 aliphatic rings. The normalized spacial score (nSPS) is 36.0. The number of rotatable bonds is 2. The van der Waals surface area contributed by atoms with Gasteiger partial charge in [0, 0.05) is 0 Å². The van der Waals surface area contributed by atoms with Gasteiger partial charge in [-0.15, -0.1) is 0 Å². The van der Waals surface area contributed by atoms with Gasteiger partial charge >= 0.3 is 0 Å². The predicted molar refractivity (Wildman–Crippen MR) is 112 cm³/mol. The number of Topliss-reactive ketones (excluding diaryl/α,β-unsaturated/α-hetero) is 2. The molecule has 33 heavy (non-hydrogen) atoms. The number of hydrogen-bond acceptors (Lipinski definition) is 10. The lowest BCUT2D eigenvalue weighted by Crippen LogP contribution is -2.71. The zero-order chi connectivity index (χ0) is 24.8. The molecule has 0 bridgehead atoms. The van der Waals surface area contributed by atoms with Crippen molar-refractivity contribution < 1.29 is 45.0 Å². The van der Waals surface area contributed by atoms with Crippen LogP contribution < -0.4 is 5.73 Å². The lowest BCUT2D eigenvalue weighted by molar-refractivity contribution is -0.181. The van der Waals surface area contributed by atoms with E-state index < -0.39 is 81.1 Å². The van der Waals surface area contributed by atoms with E-state index in [2.05, 4.69) is 0 Å². The van der Waals surface area contributed by atoms with Crippen LogP contribution in [0.5, 0.6) is 5.75 Å². The van der Waals surface area contributed by atoms with Crippen molar-refractivity contribution in [2.45, 2.75) is 30.3 Å². The topological polar surface area (TPSA) is 202 Å². The minimum Gasteiger partial charge on any atom is -0.508 e. The highest BCUT2D eigenvalue weighted by atomic mass is 16.4. The quantitative estimate of drug-likeness (QED) is 0.257. The smallest absolute Gasteiger partial charge is 0.255 e. The number of primary amides is 1. The van der Waals surface area contributed by atoms with Gasteiger partial charge in [-0.2, -0.15) is 0 Å². The van der Waals surface area contributed by atoms with Gasteiger partial charge in [0.05, 0.1) is 40.7 Å². The van der Waals surface area contributed by atoms with Crippen LogP contribution in [0, 0.1) is 11.8 Å². The van der Waals surface area contributed by atoms with Crippen LogP contribution in [0.2, 0.25) is 0 Å². The molecule has 176 valence electrons. The number of amides is 1. The first kappa shape index (κ1) is 22.9. The number of nitrogens with two attached hydrogens (primary N) is 1. The van der Waals surface area contributed by atoms with E-state index >= 15 is 0 Å². The lowest BCUT2D eigenvalue weighted by atomic mass is 9.53. The number of fused-ring (bicyclic) bond motifs is 3. The fourth-order valence-corrected chi connectivity index (χ4v) is 5.60. The minimum absolute atomic E-state index is 0.00664. The van der Waals surface area contributed by atoms with Gasteiger partial charge < -0.3 is 36.4 Å². The molecule has 8 N–H and O–H groups in total. The Morgan fingerprint density at radius 3 is 2.27 bits per heavy atom. The van der Waals surface area contributed by atoms with Crippen LogP contribution in [-0.4, -0.2) is 84.9 Å². The summed E-state index contributed by atoms with van der Waals surface area (Å²) in [5, 5.41) is 66.3. The molecule has 6 atom stereocenters. The summed E-state index contributed by atoms with van der Waals surface area (Å²) in [5.41, 5.74) is -1.78. The van der Waals surface area contributed by atoms with Gasteiger partial charge in [-0.3, -0.25) is 19.3 Å². The summed E-state index contributed by atoms with van der Waals surface area (Å²) in [5.74, 6) is -9.67. The third-order valence-corrected chi connectivity index (χ3v) is 7.03. The number of nitrogens with zero attached hydrogens (tertiary/aromatic N) is 1. The number of ketones is 2. The molecule has 11 nitrogen and oxygen atoms in total. The molecule has 11 heteroatoms. The number of carbonyl (C=O) groups is 3. The largest absolute Gasteiger partial charge is 0.508 e. The third-order valence-electron chi connectivity index (χ3n) is 7.03. The SMILES string of the molecule is CN(C)C1C(=O)C(C(N)=O)=C(O)[C@@]2(O)C(=O)C3=C(O)c4c(O)cccc4[C@@](C)(O)[C@H]3[C@H](O)C12. The second-order valence-electron chi connectivity index (χ2n) is 9.06. The molecule has 1 amide bonds. The molecule has 1 fully saturated rings. The van der Waals surface area contributed by atoms with E-state index in [1.807, 2.05) is 0 Å². The van der Waals surface area contributed by atoms with E-state index in [1.54, 1.807) is 0 Å². The molecule has 2 unspecified atom stereocenters. The number of aromatic hydroxyl groups is 1. The standard InChI is InChI=1S/C22H24N2O9/c1-21(32)7-5-4-6-8(25)9(7)15(26)10-12(21)17(28)13-14(24(2)3)16(27)11(20(23)31)19(30)22(13,33)18(10)29/h4-6,12-14,17,25-26,28,30,32-33H,1-3H3,(H2,23,31)/t12-,13?,14?,17+,21-,22+/m1/s1. The van der Waals surface area contributed by atoms with Crippen molar-refractivity contribution in [3.8, 4) is 5.75 Å². The molecule has 1 aromatic carbocycles. The van der Waals surface area contributed by atoms with E-state index in [0.717, 1.165) is 0 Å². The maximum atomic E-state index is 13.7. The molecule has 3 aliphatic carbocycles. The summed E-state index contributed by atoms with van der Waals surface area (Å²) < 4.78 is 0. The number of aliphatic hydroxyl groups is 5. The van der Waals surface area contributed by atoms with Crippen molar-refractivity contribution in [3.63, 3.8) is 0 Å². The van der Waals surface area contributed by atoms with Crippen molar-refractivity contribution >= 4 is 23.2 Å². The second-order valence-corrected chi connectivity index (χ2v) is 9.06. The molecule has 0 aromatic heterocycles. The van der Waals surface area contributed by atoms with Gasteiger partial charge in [-0.05, 0) is 32.6 Å². The van der Waals surface area contributed by atoms with Crippen molar-refractivity contribution in [2.24, 2.45) is 17.6 Å². The maximum Gasteiger partial charge on any atom is 0.255 e. The zero-order valence-electron chi connectivity index (χ0n) is 18.0. The number of carbonyl (C=O) groups excluding carboxylic acids is 3. The number of phenols is 1. The Hall–Kier alpha value is -3.25. The van der Waals surface area contributed by atoms with Crippen LogP contribution in [0.3, 0.4) is 0 Å². The van der Waals surface area contributed by atoms with E-state index in [-0.39, 0.29) is 11.1 Å². The highest BCUT2D eigenvalue weighted by Crippen LogP contribution is 2.57. The van der Waals surface area contributed by atoms with Gasteiger partial charge in [-0.25, -0.2) is 0 Å². The van der Waals surface area contributed by atoms with Gasteiger partial charge in [0.15, 0.2) is 11.4 Å². The molecule has 0 heterocycles. The monoisotopic (exact) mass is 460 g/mol. The Kier molecular flexibility index (Phi) is 4.78. The summed E-state index contributed by atoms with van der Waals surface area (Å²) in [6.07, 6.45) is -1.87. The zero-order valence-corrected chi connectivity index (χ0v) is 18.0. The van der Waals surface area contributed by atoms with Gasteiger partial charge in [0.1, 0.15) is 22.8 Å². The van der Waals surface area contributed by atoms with E-state index in [4.69, 9.17) is 5.73 Å². The molecular formula is C22H24N2O9. The van der Waals surface area contributed by atoms with Gasteiger partial charge in [-0.1, -0.05) is 12.1 Å². The van der Waals surface area contributed by atoms with E-state index in [9.17, 15) is 45.0 Å². The summed E-state index contributed by atoms with van der Waals surface area (Å²) >= 11 is 0. The number of aliphatic hydroxyl groups excluding tert-OH is 3. The Morgan fingerprint density at radius 2 is 1.73 bits per heavy atom. The maximum absolute atomic E-state index is 13.7. The minimum atomic E-state index is -3.02. The Balaban J connectivity index is 2.11. The Bertz CT molecular complexity index is 1180. The molecule has 0 aliphatic heterocycles. The van der Waals surface area contributed by atoms with E-state index in [1.165, 1.54) is 44.1 Å². The van der Waals surface area contributed by atoms with Gasteiger partial charge in [0.25, 0.3) is 5.91 Å². The van der Waals surface area contributed by atoms with Crippen LogP contribution in [0.15, 0.2) is 35.1 Å². The average Bonchev–Trinajstić information content (AvgIpc) is 2.70. The van der Waals surface area contributed by atoms with Crippen molar-refractivity contribution in [1.29, 1.82) is 0 Å². The van der Waals surface area contributed by atoms with Crippen LogP contribution >= 0.6 is 0 Å². The predicted octanol–water partition coefficient (Wildman–Crippen LogP) is -1.40. The molecule has 0 saturated heterocycles.